The summed E-state index contributed by atoms with van der Waals surface area (Å²) in [6, 6.07) is -0.525. The summed E-state index contributed by atoms with van der Waals surface area (Å²) in [5.41, 5.74) is 10.8. The standard InChI is InChI=1S/C11H23N3O2.ClH/c1-4-5-9(12)11(16)14(6-8(2)3)7-10(13)15;/h8-9H,4-7,12H2,1-3H3,(H2,13,15);1H. The Kier molecular flexibility index (Phi) is 10.1. The number of hydrogen-bond donors (Lipinski definition) is 2. The molecule has 0 radical (unpaired) electrons. The number of hydrogen-bond acceptors (Lipinski definition) is 3. The Hall–Kier alpha value is -0.810. The topological polar surface area (TPSA) is 89.4 Å². The average molecular weight is 266 g/mol. The average Bonchev–Trinajstić information content (AvgIpc) is 2.14. The molecular weight excluding hydrogens is 242 g/mol. The molecule has 2 amide bonds. The molecule has 17 heavy (non-hydrogen) atoms. The van der Waals surface area contributed by atoms with E-state index in [0.29, 0.717) is 13.0 Å². The first-order valence-electron chi connectivity index (χ1n) is 5.71. The van der Waals surface area contributed by atoms with Crippen molar-refractivity contribution < 1.29 is 9.59 Å². The molecule has 0 aliphatic heterocycles. The Labute approximate surface area is 109 Å². The highest BCUT2D eigenvalue weighted by molar-refractivity contribution is 5.86. The monoisotopic (exact) mass is 265 g/mol. The van der Waals surface area contributed by atoms with Gasteiger partial charge in [-0.2, -0.15) is 0 Å². The zero-order chi connectivity index (χ0) is 12.7. The van der Waals surface area contributed by atoms with Crippen molar-refractivity contribution in [3.8, 4) is 0 Å². The van der Waals surface area contributed by atoms with E-state index >= 15 is 0 Å². The van der Waals surface area contributed by atoms with Gasteiger partial charge in [-0.1, -0.05) is 27.2 Å². The molecule has 0 aromatic heterocycles. The molecule has 0 saturated carbocycles. The van der Waals surface area contributed by atoms with Crippen molar-refractivity contribution >= 4 is 24.2 Å². The minimum absolute atomic E-state index is 0. The molecule has 5 nitrogen and oxygen atoms in total. The molecule has 0 spiro atoms. The lowest BCUT2D eigenvalue weighted by atomic mass is 10.1. The Morgan fingerprint density at radius 2 is 1.82 bits per heavy atom. The lowest BCUT2D eigenvalue weighted by Gasteiger charge is -2.26. The molecule has 0 heterocycles. The lowest BCUT2D eigenvalue weighted by molar-refractivity contribution is -0.136. The third-order valence-corrected chi connectivity index (χ3v) is 2.16. The fourth-order valence-electron chi connectivity index (χ4n) is 1.53. The number of rotatable bonds is 7. The zero-order valence-corrected chi connectivity index (χ0v) is 11.6. The molecule has 0 rings (SSSR count). The second-order valence-electron chi connectivity index (χ2n) is 4.47. The third-order valence-electron chi connectivity index (χ3n) is 2.16. The van der Waals surface area contributed by atoms with Crippen molar-refractivity contribution in [1.82, 2.24) is 4.90 Å². The van der Waals surface area contributed by atoms with Gasteiger partial charge in [-0.15, -0.1) is 12.4 Å². The fraction of sp³-hybridized carbons (Fsp3) is 0.818. The molecule has 102 valence electrons. The van der Waals surface area contributed by atoms with Crippen molar-refractivity contribution in [2.45, 2.75) is 39.7 Å². The maximum absolute atomic E-state index is 11.9. The highest BCUT2D eigenvalue weighted by atomic mass is 35.5. The third kappa shape index (κ3) is 7.99. The molecule has 1 atom stereocenters. The summed E-state index contributed by atoms with van der Waals surface area (Å²) < 4.78 is 0. The van der Waals surface area contributed by atoms with Gasteiger partial charge in [0.05, 0.1) is 12.6 Å². The van der Waals surface area contributed by atoms with Gasteiger partial charge < -0.3 is 16.4 Å². The second kappa shape index (κ2) is 9.24. The largest absolute Gasteiger partial charge is 0.368 e. The molecule has 0 fully saturated rings. The van der Waals surface area contributed by atoms with E-state index in [9.17, 15) is 9.59 Å². The number of amides is 2. The van der Waals surface area contributed by atoms with Gasteiger partial charge in [0.15, 0.2) is 0 Å². The van der Waals surface area contributed by atoms with Crippen LogP contribution in [0.5, 0.6) is 0 Å². The Morgan fingerprint density at radius 1 is 1.29 bits per heavy atom. The van der Waals surface area contributed by atoms with Crippen molar-refractivity contribution in [2.24, 2.45) is 17.4 Å². The van der Waals surface area contributed by atoms with E-state index in [4.69, 9.17) is 11.5 Å². The predicted octanol–water partition coefficient (Wildman–Crippen LogP) is 0.506. The minimum Gasteiger partial charge on any atom is -0.368 e. The van der Waals surface area contributed by atoms with Gasteiger partial charge in [0.25, 0.3) is 0 Å². The first kappa shape index (κ1) is 18.6. The van der Waals surface area contributed by atoms with Crippen LogP contribution in [0.15, 0.2) is 0 Å². The highest BCUT2D eigenvalue weighted by Gasteiger charge is 2.22. The van der Waals surface area contributed by atoms with E-state index in [0.717, 1.165) is 6.42 Å². The Bertz CT molecular complexity index is 247. The van der Waals surface area contributed by atoms with Crippen LogP contribution >= 0.6 is 12.4 Å². The number of nitrogens with zero attached hydrogens (tertiary/aromatic N) is 1. The summed E-state index contributed by atoms with van der Waals surface area (Å²) in [6.07, 6.45) is 1.48. The van der Waals surface area contributed by atoms with Crippen LogP contribution in [0.3, 0.4) is 0 Å². The molecule has 6 heteroatoms. The van der Waals surface area contributed by atoms with Crippen LogP contribution in [0.1, 0.15) is 33.6 Å². The number of primary amides is 1. The first-order valence-corrected chi connectivity index (χ1v) is 5.71. The molecule has 0 aromatic carbocycles. The molecule has 0 aliphatic carbocycles. The smallest absolute Gasteiger partial charge is 0.239 e. The second-order valence-corrected chi connectivity index (χ2v) is 4.47. The SMILES string of the molecule is CCCC(N)C(=O)N(CC(N)=O)CC(C)C.Cl. The predicted molar refractivity (Wildman–Crippen MR) is 70.7 cm³/mol. The maximum Gasteiger partial charge on any atom is 0.239 e. The van der Waals surface area contributed by atoms with Crippen LogP contribution in [-0.2, 0) is 9.59 Å². The molecular formula is C11H24ClN3O2. The van der Waals surface area contributed by atoms with E-state index in [-0.39, 0.29) is 30.8 Å². The van der Waals surface area contributed by atoms with Crippen molar-refractivity contribution in [1.29, 1.82) is 0 Å². The maximum atomic E-state index is 11.9. The summed E-state index contributed by atoms with van der Waals surface area (Å²) in [4.78, 5) is 24.2. The van der Waals surface area contributed by atoms with Crippen LogP contribution in [0.25, 0.3) is 0 Å². The fourth-order valence-corrected chi connectivity index (χ4v) is 1.53. The van der Waals surface area contributed by atoms with Crippen LogP contribution in [0, 0.1) is 5.92 Å². The van der Waals surface area contributed by atoms with E-state index in [1.165, 1.54) is 4.90 Å². The summed E-state index contributed by atoms with van der Waals surface area (Å²) in [5.74, 6) is -0.399. The molecule has 0 saturated heterocycles. The molecule has 0 bridgehead atoms. The van der Waals surface area contributed by atoms with E-state index < -0.39 is 11.9 Å². The summed E-state index contributed by atoms with van der Waals surface area (Å²) in [7, 11) is 0. The van der Waals surface area contributed by atoms with E-state index in [2.05, 4.69) is 0 Å². The summed E-state index contributed by atoms with van der Waals surface area (Å²) in [6.45, 7) is 6.39. The number of carbonyl (C=O) groups is 2. The number of halogens is 1. The van der Waals surface area contributed by atoms with Gasteiger partial charge in [0, 0.05) is 6.54 Å². The molecule has 1 unspecified atom stereocenters. The van der Waals surface area contributed by atoms with Crippen molar-refractivity contribution in [3.05, 3.63) is 0 Å². The van der Waals surface area contributed by atoms with Crippen LogP contribution in [0.2, 0.25) is 0 Å². The van der Waals surface area contributed by atoms with E-state index in [1.807, 2.05) is 20.8 Å². The zero-order valence-electron chi connectivity index (χ0n) is 10.8. The molecule has 4 N–H and O–H groups in total. The summed E-state index contributed by atoms with van der Waals surface area (Å²) in [5, 5.41) is 0. The Morgan fingerprint density at radius 3 is 2.18 bits per heavy atom. The van der Waals surface area contributed by atoms with Crippen LogP contribution < -0.4 is 11.5 Å². The van der Waals surface area contributed by atoms with Crippen LogP contribution in [-0.4, -0.2) is 35.8 Å². The van der Waals surface area contributed by atoms with Crippen molar-refractivity contribution in [3.63, 3.8) is 0 Å². The number of nitrogens with two attached hydrogens (primary N) is 2. The van der Waals surface area contributed by atoms with E-state index in [1.54, 1.807) is 0 Å². The van der Waals surface area contributed by atoms with Gasteiger partial charge in [-0.05, 0) is 12.3 Å². The summed E-state index contributed by atoms with van der Waals surface area (Å²) >= 11 is 0. The minimum atomic E-state index is -0.525. The quantitative estimate of drug-likeness (QED) is 0.703. The number of carbonyl (C=O) groups excluding carboxylic acids is 2. The van der Waals surface area contributed by atoms with Gasteiger partial charge in [0.1, 0.15) is 0 Å². The molecule has 0 aromatic rings. The van der Waals surface area contributed by atoms with Crippen molar-refractivity contribution in [2.75, 3.05) is 13.1 Å². The highest BCUT2D eigenvalue weighted by Crippen LogP contribution is 2.04. The first-order chi connectivity index (χ1) is 7.38. The van der Waals surface area contributed by atoms with Gasteiger partial charge >= 0.3 is 0 Å². The Balaban J connectivity index is 0. The van der Waals surface area contributed by atoms with Gasteiger partial charge in [-0.25, -0.2) is 0 Å². The van der Waals surface area contributed by atoms with Gasteiger partial charge in [-0.3, -0.25) is 9.59 Å². The lowest BCUT2D eigenvalue weighted by Crippen LogP contribution is -2.48. The van der Waals surface area contributed by atoms with Crippen LogP contribution in [0.4, 0.5) is 0 Å². The molecule has 0 aliphatic rings. The van der Waals surface area contributed by atoms with Gasteiger partial charge in [0.2, 0.25) is 11.8 Å². The normalized spacial score (nSPS) is 11.8.